The molecule has 1 fully saturated rings. The van der Waals surface area contributed by atoms with Crippen molar-refractivity contribution in [3.63, 3.8) is 0 Å². The van der Waals surface area contributed by atoms with E-state index in [1.54, 1.807) is 18.5 Å². The van der Waals surface area contributed by atoms with Crippen molar-refractivity contribution in [2.24, 2.45) is 4.99 Å². The van der Waals surface area contributed by atoms with Gasteiger partial charge in [-0.3, -0.25) is 0 Å². The molecule has 144 valence electrons. The van der Waals surface area contributed by atoms with Gasteiger partial charge in [0.15, 0.2) is 0 Å². The average molecular weight is 378 g/mol. The van der Waals surface area contributed by atoms with Crippen molar-refractivity contribution in [1.29, 1.82) is 0 Å². The van der Waals surface area contributed by atoms with Gasteiger partial charge in [0.1, 0.15) is 5.82 Å². The topological polar surface area (TPSA) is 15.6 Å². The van der Waals surface area contributed by atoms with Gasteiger partial charge < -0.3 is 4.90 Å². The smallest absolute Gasteiger partial charge is 0.366 e. The Morgan fingerprint density at radius 3 is 2.52 bits per heavy atom. The molecular weight excluding hydrogens is 356 g/mol. The molecule has 1 aliphatic carbocycles. The average Bonchev–Trinajstić information content (AvgIpc) is 3.44. The quantitative estimate of drug-likeness (QED) is 0.346. The van der Waals surface area contributed by atoms with Gasteiger partial charge in [-0.25, -0.2) is 9.38 Å². The molecule has 0 atom stereocenters. The highest BCUT2D eigenvalue weighted by molar-refractivity contribution is 5.65. The normalized spacial score (nSPS) is 14.7. The molecule has 0 bridgehead atoms. The first-order chi connectivity index (χ1) is 12.8. The highest BCUT2D eigenvalue weighted by atomic mass is 19.4. The van der Waals surface area contributed by atoms with E-state index in [2.05, 4.69) is 4.99 Å². The van der Waals surface area contributed by atoms with E-state index in [-0.39, 0.29) is 17.9 Å². The summed E-state index contributed by atoms with van der Waals surface area (Å²) in [4.78, 5) is 6.13. The summed E-state index contributed by atoms with van der Waals surface area (Å²) in [7, 11) is 1.82. The molecular formula is C21H22F4N2. The van der Waals surface area contributed by atoms with Crippen molar-refractivity contribution < 1.29 is 17.6 Å². The van der Waals surface area contributed by atoms with Crippen LogP contribution in [-0.2, 0) is 12.6 Å². The molecule has 0 unspecified atom stereocenters. The van der Waals surface area contributed by atoms with Crippen LogP contribution in [0.1, 0.15) is 47.9 Å². The lowest BCUT2D eigenvalue weighted by molar-refractivity contribution is -0.138. The number of benzene rings is 2. The minimum atomic E-state index is -4.49. The van der Waals surface area contributed by atoms with Crippen LogP contribution in [0.4, 0.5) is 23.2 Å². The molecule has 3 rings (SSSR count). The van der Waals surface area contributed by atoms with Crippen molar-refractivity contribution >= 4 is 12.0 Å². The Morgan fingerprint density at radius 1 is 1.19 bits per heavy atom. The van der Waals surface area contributed by atoms with Crippen molar-refractivity contribution in [3.05, 3.63) is 64.5 Å². The Morgan fingerprint density at radius 2 is 1.93 bits per heavy atom. The van der Waals surface area contributed by atoms with Crippen LogP contribution < -0.4 is 0 Å². The zero-order valence-electron chi connectivity index (χ0n) is 15.4. The lowest BCUT2D eigenvalue weighted by atomic mass is 9.94. The molecule has 2 nitrogen and oxygen atoms in total. The SMILES string of the molecule is CCN(C)C=Nc1cc(C(F)(F)F)c(Cc2cccc(F)c2)cc1C1CC1. The lowest BCUT2D eigenvalue weighted by Gasteiger charge is -2.17. The number of hydrogen-bond donors (Lipinski definition) is 0. The summed E-state index contributed by atoms with van der Waals surface area (Å²) in [6.45, 7) is 2.66. The Bertz CT molecular complexity index is 839. The van der Waals surface area contributed by atoms with E-state index >= 15 is 0 Å². The summed E-state index contributed by atoms with van der Waals surface area (Å²) in [5.41, 5.74) is 1.19. The maximum Gasteiger partial charge on any atom is 0.416 e. The van der Waals surface area contributed by atoms with E-state index in [1.807, 2.05) is 18.9 Å². The van der Waals surface area contributed by atoms with Crippen LogP contribution in [-0.4, -0.2) is 24.8 Å². The third-order valence-corrected chi connectivity index (χ3v) is 4.75. The minimum Gasteiger partial charge on any atom is -0.366 e. The molecule has 1 aliphatic rings. The number of halogens is 4. The van der Waals surface area contributed by atoms with Crippen LogP contribution in [0.3, 0.4) is 0 Å². The monoisotopic (exact) mass is 378 g/mol. The van der Waals surface area contributed by atoms with E-state index in [4.69, 9.17) is 0 Å². The van der Waals surface area contributed by atoms with Gasteiger partial charge in [0.25, 0.3) is 0 Å². The van der Waals surface area contributed by atoms with Crippen LogP contribution in [0.5, 0.6) is 0 Å². The van der Waals surface area contributed by atoms with Gasteiger partial charge in [-0.15, -0.1) is 0 Å². The second kappa shape index (κ2) is 7.71. The summed E-state index contributed by atoms with van der Waals surface area (Å²) in [5.74, 6) is -0.204. The van der Waals surface area contributed by atoms with E-state index in [0.29, 0.717) is 17.8 Å². The third kappa shape index (κ3) is 4.87. The van der Waals surface area contributed by atoms with Gasteiger partial charge in [-0.2, -0.15) is 13.2 Å². The van der Waals surface area contributed by atoms with E-state index in [9.17, 15) is 17.6 Å². The fourth-order valence-electron chi connectivity index (χ4n) is 3.00. The van der Waals surface area contributed by atoms with E-state index in [1.165, 1.54) is 18.2 Å². The van der Waals surface area contributed by atoms with Crippen LogP contribution in [0.25, 0.3) is 0 Å². The summed E-state index contributed by atoms with van der Waals surface area (Å²) in [5, 5.41) is 0. The minimum absolute atomic E-state index is 0.0329. The standard InChI is InChI=1S/C21H22F4N2/c1-3-27(2)13-26-20-12-19(21(23,24)25)16(11-18(20)15-7-8-15)9-14-5-4-6-17(22)10-14/h4-6,10-13,15H,3,7-9H2,1-2H3. The van der Waals surface area contributed by atoms with Gasteiger partial charge in [0.05, 0.1) is 17.6 Å². The number of rotatable bonds is 6. The van der Waals surface area contributed by atoms with Crippen LogP contribution in [0, 0.1) is 5.82 Å². The Labute approximate surface area is 156 Å². The Kier molecular flexibility index (Phi) is 5.53. The molecule has 0 N–H and O–H groups in total. The van der Waals surface area contributed by atoms with Gasteiger partial charge in [0.2, 0.25) is 0 Å². The summed E-state index contributed by atoms with van der Waals surface area (Å²) in [6.07, 6.45) is -0.988. The van der Waals surface area contributed by atoms with Crippen molar-refractivity contribution in [2.45, 2.75) is 38.3 Å². The molecule has 0 heterocycles. The molecule has 2 aromatic carbocycles. The maximum atomic E-state index is 13.7. The summed E-state index contributed by atoms with van der Waals surface area (Å²) in [6, 6.07) is 8.47. The molecule has 2 aromatic rings. The number of aliphatic imine (C=N–C) groups is 1. The van der Waals surface area contributed by atoms with Crippen molar-refractivity contribution in [1.82, 2.24) is 4.90 Å². The predicted molar refractivity (Wildman–Crippen MR) is 99.1 cm³/mol. The summed E-state index contributed by atoms with van der Waals surface area (Å²) >= 11 is 0. The predicted octanol–water partition coefficient (Wildman–Crippen LogP) is 5.92. The van der Waals surface area contributed by atoms with Gasteiger partial charge in [-0.1, -0.05) is 18.2 Å². The van der Waals surface area contributed by atoms with E-state index in [0.717, 1.165) is 24.5 Å². The molecule has 0 saturated heterocycles. The maximum absolute atomic E-state index is 13.7. The fourth-order valence-corrected chi connectivity index (χ4v) is 3.00. The highest BCUT2D eigenvalue weighted by Crippen LogP contribution is 2.47. The zero-order chi connectivity index (χ0) is 19.6. The first kappa shape index (κ1) is 19.4. The van der Waals surface area contributed by atoms with E-state index < -0.39 is 17.6 Å². The molecule has 0 radical (unpaired) electrons. The molecule has 1 saturated carbocycles. The largest absolute Gasteiger partial charge is 0.416 e. The highest BCUT2D eigenvalue weighted by Gasteiger charge is 2.36. The molecule has 27 heavy (non-hydrogen) atoms. The van der Waals surface area contributed by atoms with Gasteiger partial charge in [-0.05, 0) is 67.0 Å². The van der Waals surface area contributed by atoms with Crippen LogP contribution in [0.2, 0.25) is 0 Å². The van der Waals surface area contributed by atoms with Crippen molar-refractivity contribution in [3.8, 4) is 0 Å². The second-order valence-electron chi connectivity index (χ2n) is 6.96. The van der Waals surface area contributed by atoms with Crippen molar-refractivity contribution in [2.75, 3.05) is 13.6 Å². The molecule has 0 aliphatic heterocycles. The number of nitrogens with zero attached hydrogens (tertiary/aromatic N) is 2. The molecule has 0 amide bonds. The summed E-state index contributed by atoms with van der Waals surface area (Å²) < 4.78 is 54.5. The van der Waals surface area contributed by atoms with Crippen LogP contribution in [0.15, 0.2) is 41.4 Å². The lowest BCUT2D eigenvalue weighted by Crippen LogP contribution is -2.14. The fraction of sp³-hybridized carbons (Fsp3) is 0.381. The Balaban J connectivity index is 2.06. The first-order valence-corrected chi connectivity index (χ1v) is 9.00. The zero-order valence-corrected chi connectivity index (χ0v) is 15.4. The third-order valence-electron chi connectivity index (χ3n) is 4.75. The second-order valence-corrected chi connectivity index (χ2v) is 6.96. The molecule has 0 spiro atoms. The van der Waals surface area contributed by atoms with Crippen LogP contribution >= 0.6 is 0 Å². The van der Waals surface area contributed by atoms with Gasteiger partial charge in [0, 0.05) is 13.6 Å². The number of hydrogen-bond acceptors (Lipinski definition) is 1. The van der Waals surface area contributed by atoms with Gasteiger partial charge >= 0.3 is 6.18 Å². The molecule has 6 heteroatoms. The number of alkyl halides is 3. The Hall–Kier alpha value is -2.37. The molecule has 0 aromatic heterocycles. The first-order valence-electron chi connectivity index (χ1n) is 9.00.